The van der Waals surface area contributed by atoms with Crippen LogP contribution in [0, 0.1) is 0 Å². The maximum absolute atomic E-state index is 11.0. The second kappa shape index (κ2) is 4.26. The van der Waals surface area contributed by atoms with Crippen molar-refractivity contribution in [3.63, 3.8) is 0 Å². The number of rotatable bonds is 3. The highest BCUT2D eigenvalue weighted by molar-refractivity contribution is 5.76. The predicted molar refractivity (Wildman–Crippen MR) is 62.6 cm³/mol. The molecule has 0 bridgehead atoms. The molecule has 3 heteroatoms. The van der Waals surface area contributed by atoms with E-state index in [1.807, 2.05) is 12.1 Å². The Hall–Kier alpha value is -1.35. The van der Waals surface area contributed by atoms with Gasteiger partial charge in [0, 0.05) is 6.54 Å². The number of carboxylic acids is 1. The minimum atomic E-state index is -0.840. The van der Waals surface area contributed by atoms with Crippen LogP contribution in [0.3, 0.4) is 0 Å². The van der Waals surface area contributed by atoms with Gasteiger partial charge in [0.25, 0.3) is 0 Å². The first-order valence-corrected chi connectivity index (χ1v) is 5.69. The molecule has 0 fully saturated rings. The van der Waals surface area contributed by atoms with E-state index in [1.165, 1.54) is 17.5 Å². The first-order chi connectivity index (χ1) is 7.63. The van der Waals surface area contributed by atoms with Crippen LogP contribution in [0.2, 0.25) is 0 Å². The standard InChI is InChI=1S/C13H17NO2/c1-8-2-3-9-4-5-10(6-11(8)9)12(7-14)13(15)16/h4-6,8,12H,2-3,7,14H2,1H3,(H,15,16). The van der Waals surface area contributed by atoms with Crippen molar-refractivity contribution in [2.45, 2.75) is 31.6 Å². The maximum atomic E-state index is 11.0. The third-order valence-corrected chi connectivity index (χ3v) is 3.48. The smallest absolute Gasteiger partial charge is 0.312 e. The van der Waals surface area contributed by atoms with Gasteiger partial charge in [-0.25, -0.2) is 0 Å². The highest BCUT2D eigenvalue weighted by Gasteiger charge is 2.23. The van der Waals surface area contributed by atoms with Crippen molar-refractivity contribution in [2.75, 3.05) is 6.54 Å². The first kappa shape index (κ1) is 11.1. The van der Waals surface area contributed by atoms with Crippen LogP contribution >= 0.6 is 0 Å². The van der Waals surface area contributed by atoms with Crippen molar-refractivity contribution in [1.82, 2.24) is 0 Å². The van der Waals surface area contributed by atoms with Crippen molar-refractivity contribution in [2.24, 2.45) is 5.73 Å². The summed E-state index contributed by atoms with van der Waals surface area (Å²) in [5, 5.41) is 9.06. The van der Waals surface area contributed by atoms with Crippen LogP contribution in [0.25, 0.3) is 0 Å². The Kier molecular flexibility index (Phi) is 2.97. The molecular weight excluding hydrogens is 202 g/mol. The summed E-state index contributed by atoms with van der Waals surface area (Å²) in [5.41, 5.74) is 9.00. The molecular formula is C13H17NO2. The number of aryl methyl sites for hydroxylation is 1. The Morgan fingerprint density at radius 1 is 1.62 bits per heavy atom. The van der Waals surface area contributed by atoms with Crippen LogP contribution in [-0.4, -0.2) is 17.6 Å². The van der Waals surface area contributed by atoms with Crippen molar-refractivity contribution in [3.8, 4) is 0 Å². The van der Waals surface area contributed by atoms with Gasteiger partial charge in [0.1, 0.15) is 0 Å². The van der Waals surface area contributed by atoms with Gasteiger partial charge in [-0.1, -0.05) is 25.1 Å². The minimum Gasteiger partial charge on any atom is -0.481 e. The number of carboxylic acid groups (broad SMARTS) is 1. The highest BCUT2D eigenvalue weighted by Crippen LogP contribution is 2.34. The Morgan fingerprint density at radius 2 is 2.38 bits per heavy atom. The summed E-state index contributed by atoms with van der Waals surface area (Å²) >= 11 is 0. The van der Waals surface area contributed by atoms with E-state index in [-0.39, 0.29) is 6.54 Å². The molecule has 1 aromatic rings. The number of benzene rings is 1. The predicted octanol–water partition coefficient (Wildman–Crippen LogP) is 1.86. The van der Waals surface area contributed by atoms with Crippen LogP contribution < -0.4 is 5.73 Å². The summed E-state index contributed by atoms with van der Waals surface area (Å²) in [6, 6.07) is 5.99. The molecule has 2 atom stereocenters. The van der Waals surface area contributed by atoms with Gasteiger partial charge in [0.15, 0.2) is 0 Å². The van der Waals surface area contributed by atoms with Gasteiger partial charge >= 0.3 is 5.97 Å². The molecule has 1 aliphatic carbocycles. The second-order valence-corrected chi connectivity index (χ2v) is 4.52. The molecule has 0 amide bonds. The number of nitrogens with two attached hydrogens (primary N) is 1. The van der Waals surface area contributed by atoms with Crippen LogP contribution in [0.5, 0.6) is 0 Å². The molecule has 0 spiro atoms. The van der Waals surface area contributed by atoms with E-state index in [0.717, 1.165) is 12.0 Å². The van der Waals surface area contributed by atoms with E-state index in [4.69, 9.17) is 10.8 Å². The number of hydrogen-bond acceptors (Lipinski definition) is 2. The Morgan fingerprint density at radius 3 is 3.00 bits per heavy atom. The van der Waals surface area contributed by atoms with Gasteiger partial charge in [-0.2, -0.15) is 0 Å². The fraction of sp³-hybridized carbons (Fsp3) is 0.462. The van der Waals surface area contributed by atoms with Gasteiger partial charge in [0.05, 0.1) is 5.92 Å². The molecule has 1 aliphatic rings. The summed E-state index contributed by atoms with van der Waals surface area (Å²) in [7, 11) is 0. The SMILES string of the molecule is CC1CCc2ccc(C(CN)C(=O)O)cc21. The number of carbonyl (C=O) groups is 1. The van der Waals surface area contributed by atoms with E-state index < -0.39 is 11.9 Å². The number of aliphatic carboxylic acids is 1. The Labute approximate surface area is 95.3 Å². The Balaban J connectivity index is 2.37. The van der Waals surface area contributed by atoms with Gasteiger partial charge < -0.3 is 10.8 Å². The van der Waals surface area contributed by atoms with Crippen LogP contribution in [0.15, 0.2) is 18.2 Å². The van der Waals surface area contributed by atoms with Crippen LogP contribution in [0.1, 0.15) is 41.9 Å². The molecule has 86 valence electrons. The Bertz CT molecular complexity index is 414. The molecule has 16 heavy (non-hydrogen) atoms. The lowest BCUT2D eigenvalue weighted by molar-refractivity contribution is -0.138. The largest absolute Gasteiger partial charge is 0.481 e. The van der Waals surface area contributed by atoms with E-state index in [1.54, 1.807) is 0 Å². The van der Waals surface area contributed by atoms with E-state index in [9.17, 15) is 4.79 Å². The average molecular weight is 219 g/mol. The fourth-order valence-electron chi connectivity index (χ4n) is 2.42. The summed E-state index contributed by atoms with van der Waals surface area (Å²) in [5.74, 6) is -0.867. The molecule has 2 unspecified atom stereocenters. The molecule has 0 radical (unpaired) electrons. The van der Waals surface area contributed by atoms with Gasteiger partial charge in [-0.15, -0.1) is 0 Å². The van der Waals surface area contributed by atoms with Crippen molar-refractivity contribution >= 4 is 5.97 Å². The van der Waals surface area contributed by atoms with Crippen molar-refractivity contribution in [3.05, 3.63) is 34.9 Å². The van der Waals surface area contributed by atoms with E-state index in [0.29, 0.717) is 5.92 Å². The molecule has 3 N–H and O–H groups in total. The van der Waals surface area contributed by atoms with Gasteiger partial charge in [-0.05, 0) is 35.4 Å². The summed E-state index contributed by atoms with van der Waals surface area (Å²) in [4.78, 5) is 11.0. The molecule has 0 aromatic heterocycles. The van der Waals surface area contributed by atoms with E-state index >= 15 is 0 Å². The molecule has 2 rings (SSSR count). The first-order valence-electron chi connectivity index (χ1n) is 5.69. The number of hydrogen-bond donors (Lipinski definition) is 2. The molecule has 0 saturated heterocycles. The maximum Gasteiger partial charge on any atom is 0.312 e. The molecule has 1 aromatic carbocycles. The average Bonchev–Trinajstić information content (AvgIpc) is 2.61. The fourth-order valence-corrected chi connectivity index (χ4v) is 2.42. The lowest BCUT2D eigenvalue weighted by Gasteiger charge is -2.13. The van der Waals surface area contributed by atoms with Gasteiger partial charge in [-0.3, -0.25) is 4.79 Å². The quantitative estimate of drug-likeness (QED) is 0.815. The normalized spacial score (nSPS) is 20.5. The summed E-state index contributed by atoms with van der Waals surface area (Å²) in [6.45, 7) is 2.34. The molecule has 0 saturated carbocycles. The topological polar surface area (TPSA) is 63.3 Å². The monoisotopic (exact) mass is 219 g/mol. The molecule has 0 aliphatic heterocycles. The molecule has 0 heterocycles. The van der Waals surface area contributed by atoms with Crippen molar-refractivity contribution in [1.29, 1.82) is 0 Å². The minimum absolute atomic E-state index is 0.155. The molecule has 3 nitrogen and oxygen atoms in total. The summed E-state index contributed by atoms with van der Waals surface area (Å²) < 4.78 is 0. The third-order valence-electron chi connectivity index (χ3n) is 3.48. The zero-order valence-electron chi connectivity index (χ0n) is 9.44. The summed E-state index contributed by atoms with van der Waals surface area (Å²) in [6.07, 6.45) is 2.27. The lowest BCUT2D eigenvalue weighted by Crippen LogP contribution is -2.21. The second-order valence-electron chi connectivity index (χ2n) is 4.52. The van der Waals surface area contributed by atoms with Crippen LogP contribution in [-0.2, 0) is 11.2 Å². The van der Waals surface area contributed by atoms with Crippen molar-refractivity contribution < 1.29 is 9.90 Å². The van der Waals surface area contributed by atoms with Crippen LogP contribution in [0.4, 0.5) is 0 Å². The lowest BCUT2D eigenvalue weighted by atomic mass is 9.93. The zero-order chi connectivity index (χ0) is 11.7. The van der Waals surface area contributed by atoms with E-state index in [2.05, 4.69) is 13.0 Å². The zero-order valence-corrected chi connectivity index (χ0v) is 9.44. The number of fused-ring (bicyclic) bond motifs is 1. The highest BCUT2D eigenvalue weighted by atomic mass is 16.4. The third kappa shape index (κ3) is 1.83. The van der Waals surface area contributed by atoms with Gasteiger partial charge in [0.2, 0.25) is 0 Å².